The fraction of sp³-hybridized carbons (Fsp3) is 0.500. The van der Waals surface area contributed by atoms with Gasteiger partial charge in [-0.3, -0.25) is 9.59 Å². The van der Waals surface area contributed by atoms with E-state index in [0.29, 0.717) is 0 Å². The number of benzene rings is 1. The van der Waals surface area contributed by atoms with Gasteiger partial charge in [0.25, 0.3) is 0 Å². The summed E-state index contributed by atoms with van der Waals surface area (Å²) in [7, 11) is 0. The van der Waals surface area contributed by atoms with Gasteiger partial charge >= 0.3 is 0 Å². The van der Waals surface area contributed by atoms with Gasteiger partial charge in [-0.05, 0) is 43.0 Å². The molecule has 1 saturated carbocycles. The van der Waals surface area contributed by atoms with Crippen molar-refractivity contribution in [3.05, 3.63) is 33.8 Å². The maximum atomic E-state index is 12.9. The van der Waals surface area contributed by atoms with Crippen LogP contribution in [0.25, 0.3) is 0 Å². The van der Waals surface area contributed by atoms with Crippen LogP contribution >= 0.6 is 15.9 Å². The number of carbonyl (C=O) groups excluding carboxylic acids is 2. The zero-order valence-corrected chi connectivity index (χ0v) is 13.1. The second-order valence-electron chi connectivity index (χ2n) is 5.93. The number of Topliss-reactive ketones (excluding diaryl/α,β-unsaturated/α-hetero) is 1. The Bertz CT molecular complexity index is 576. The first-order valence-corrected chi connectivity index (χ1v) is 7.95. The molecule has 1 heterocycles. The van der Waals surface area contributed by atoms with Gasteiger partial charge in [-0.15, -0.1) is 0 Å². The first kappa shape index (κ1) is 13.8. The van der Waals surface area contributed by atoms with Crippen molar-refractivity contribution < 1.29 is 9.59 Å². The molecule has 2 fully saturated rings. The van der Waals surface area contributed by atoms with Crippen LogP contribution in [0.1, 0.15) is 49.1 Å². The summed E-state index contributed by atoms with van der Waals surface area (Å²) in [5.74, 6) is -0.688. The normalized spacial score (nSPS) is 25.0. The minimum atomic E-state index is -0.634. The first-order valence-electron chi connectivity index (χ1n) is 7.16. The van der Waals surface area contributed by atoms with Gasteiger partial charge in [0.15, 0.2) is 5.78 Å². The van der Waals surface area contributed by atoms with Gasteiger partial charge in [0.05, 0.1) is 5.54 Å². The molecule has 1 N–H and O–H groups in total. The molecule has 1 amide bonds. The molecule has 1 aliphatic carbocycles. The molecule has 0 aromatic heterocycles. The highest BCUT2D eigenvalue weighted by Crippen LogP contribution is 2.40. The molecule has 1 unspecified atom stereocenters. The van der Waals surface area contributed by atoms with Crippen LogP contribution in [0.5, 0.6) is 0 Å². The topological polar surface area (TPSA) is 46.2 Å². The molecule has 1 aromatic carbocycles. The van der Waals surface area contributed by atoms with E-state index >= 15 is 0 Å². The fourth-order valence-corrected chi connectivity index (χ4v) is 3.88. The zero-order valence-electron chi connectivity index (χ0n) is 11.5. The standard InChI is InChI=1S/C16H18BrNO2/c1-10-5-6-11(17)9-12(10)13-14(19)16(18-15(13)20)7-3-2-4-8-16/h5-6,9,13H,2-4,7-8H2,1H3,(H,18,20). The monoisotopic (exact) mass is 335 g/mol. The number of nitrogens with one attached hydrogen (secondary N) is 1. The molecule has 1 spiro atoms. The van der Waals surface area contributed by atoms with E-state index in [1.54, 1.807) is 0 Å². The fourth-order valence-electron chi connectivity index (χ4n) is 3.50. The molecule has 1 aliphatic heterocycles. The molecular formula is C16H18BrNO2. The Balaban J connectivity index is 2.00. The smallest absolute Gasteiger partial charge is 0.235 e. The van der Waals surface area contributed by atoms with Gasteiger partial charge in [-0.25, -0.2) is 0 Å². The van der Waals surface area contributed by atoms with Crippen molar-refractivity contribution in [1.82, 2.24) is 5.32 Å². The van der Waals surface area contributed by atoms with Crippen LogP contribution in [0, 0.1) is 6.92 Å². The van der Waals surface area contributed by atoms with Gasteiger partial charge in [0.2, 0.25) is 5.91 Å². The van der Waals surface area contributed by atoms with Crippen LogP contribution in [0.3, 0.4) is 0 Å². The molecule has 0 radical (unpaired) electrons. The van der Waals surface area contributed by atoms with Gasteiger partial charge in [0, 0.05) is 4.47 Å². The van der Waals surface area contributed by atoms with Crippen LogP contribution < -0.4 is 5.32 Å². The van der Waals surface area contributed by atoms with Gasteiger partial charge < -0.3 is 5.32 Å². The lowest BCUT2D eigenvalue weighted by atomic mass is 9.76. The van der Waals surface area contributed by atoms with Gasteiger partial charge in [-0.2, -0.15) is 0 Å². The minimum absolute atomic E-state index is 0.0726. The Labute approximate surface area is 127 Å². The molecule has 3 nitrogen and oxygen atoms in total. The number of ketones is 1. The van der Waals surface area contributed by atoms with E-state index in [9.17, 15) is 9.59 Å². The third-order valence-corrected chi connectivity index (χ3v) is 5.11. The van der Waals surface area contributed by atoms with E-state index in [0.717, 1.165) is 47.7 Å². The summed E-state index contributed by atoms with van der Waals surface area (Å²) in [5, 5.41) is 3.01. The van der Waals surface area contributed by atoms with Crippen molar-refractivity contribution in [2.24, 2.45) is 0 Å². The minimum Gasteiger partial charge on any atom is -0.343 e. The summed E-state index contributed by atoms with van der Waals surface area (Å²) in [4.78, 5) is 25.2. The lowest BCUT2D eigenvalue weighted by Crippen LogP contribution is -2.47. The Morgan fingerprint density at radius 1 is 1.20 bits per heavy atom. The Morgan fingerprint density at radius 2 is 1.90 bits per heavy atom. The Hall–Kier alpha value is -1.16. The van der Waals surface area contributed by atoms with Crippen molar-refractivity contribution in [3.8, 4) is 0 Å². The van der Waals surface area contributed by atoms with Crippen LogP contribution in [-0.2, 0) is 9.59 Å². The third kappa shape index (κ3) is 2.10. The van der Waals surface area contributed by atoms with Crippen molar-refractivity contribution in [2.45, 2.75) is 50.5 Å². The largest absolute Gasteiger partial charge is 0.343 e. The summed E-state index contributed by atoms with van der Waals surface area (Å²) in [6.07, 6.45) is 4.79. The van der Waals surface area contributed by atoms with Crippen molar-refractivity contribution in [3.63, 3.8) is 0 Å². The highest BCUT2D eigenvalue weighted by molar-refractivity contribution is 9.10. The molecule has 1 atom stereocenters. The average molecular weight is 336 g/mol. The molecule has 106 valence electrons. The molecule has 3 rings (SSSR count). The Kier molecular flexibility index (Phi) is 3.44. The summed E-state index contributed by atoms with van der Waals surface area (Å²) in [6, 6.07) is 5.79. The van der Waals surface area contributed by atoms with Crippen molar-refractivity contribution >= 4 is 27.6 Å². The second kappa shape index (κ2) is 4.99. The lowest BCUT2D eigenvalue weighted by Gasteiger charge is -2.31. The molecule has 0 bridgehead atoms. The van der Waals surface area contributed by atoms with E-state index in [1.807, 2.05) is 25.1 Å². The van der Waals surface area contributed by atoms with Crippen LogP contribution in [-0.4, -0.2) is 17.2 Å². The highest BCUT2D eigenvalue weighted by atomic mass is 79.9. The number of rotatable bonds is 1. The highest BCUT2D eigenvalue weighted by Gasteiger charge is 2.53. The molecule has 1 saturated heterocycles. The number of amides is 1. The van der Waals surface area contributed by atoms with Crippen LogP contribution in [0.2, 0.25) is 0 Å². The lowest BCUT2D eigenvalue weighted by molar-refractivity contribution is -0.125. The first-order chi connectivity index (χ1) is 9.53. The summed E-state index contributed by atoms with van der Waals surface area (Å²) in [6.45, 7) is 1.95. The SMILES string of the molecule is Cc1ccc(Br)cc1C1C(=O)NC2(CCCCC2)C1=O. The Morgan fingerprint density at radius 3 is 2.60 bits per heavy atom. The number of carbonyl (C=O) groups is 2. The van der Waals surface area contributed by atoms with Crippen LogP contribution in [0.15, 0.2) is 22.7 Å². The number of aryl methyl sites for hydroxylation is 1. The van der Waals surface area contributed by atoms with E-state index in [-0.39, 0.29) is 11.7 Å². The summed E-state index contributed by atoms with van der Waals surface area (Å²) in [5.41, 5.74) is 1.24. The predicted octanol–water partition coefficient (Wildman–Crippen LogP) is 3.24. The number of halogens is 1. The molecule has 4 heteroatoms. The molecule has 2 aliphatic rings. The summed E-state index contributed by atoms with van der Waals surface area (Å²) >= 11 is 3.43. The number of hydrogen-bond acceptors (Lipinski definition) is 2. The van der Waals surface area contributed by atoms with E-state index < -0.39 is 11.5 Å². The third-order valence-electron chi connectivity index (χ3n) is 4.62. The van der Waals surface area contributed by atoms with E-state index in [1.165, 1.54) is 0 Å². The zero-order chi connectivity index (χ0) is 14.3. The van der Waals surface area contributed by atoms with E-state index in [4.69, 9.17) is 0 Å². The quantitative estimate of drug-likeness (QED) is 0.801. The average Bonchev–Trinajstić information content (AvgIpc) is 2.65. The van der Waals surface area contributed by atoms with Gasteiger partial charge in [0.1, 0.15) is 5.92 Å². The molecular weight excluding hydrogens is 318 g/mol. The summed E-state index contributed by atoms with van der Waals surface area (Å²) < 4.78 is 0.906. The molecule has 1 aromatic rings. The molecule has 20 heavy (non-hydrogen) atoms. The van der Waals surface area contributed by atoms with Crippen molar-refractivity contribution in [2.75, 3.05) is 0 Å². The maximum Gasteiger partial charge on any atom is 0.235 e. The van der Waals surface area contributed by atoms with Crippen molar-refractivity contribution in [1.29, 1.82) is 0 Å². The predicted molar refractivity (Wildman–Crippen MR) is 80.6 cm³/mol. The number of hydrogen-bond donors (Lipinski definition) is 1. The second-order valence-corrected chi connectivity index (χ2v) is 6.85. The van der Waals surface area contributed by atoms with E-state index in [2.05, 4.69) is 21.2 Å². The van der Waals surface area contributed by atoms with Gasteiger partial charge in [-0.1, -0.05) is 41.3 Å². The van der Waals surface area contributed by atoms with Crippen LogP contribution in [0.4, 0.5) is 0 Å². The maximum absolute atomic E-state index is 12.9.